The molecule has 0 aliphatic rings. The van der Waals surface area contributed by atoms with E-state index in [0.717, 1.165) is 11.3 Å². The van der Waals surface area contributed by atoms with E-state index in [1.165, 1.54) is 12.1 Å². The van der Waals surface area contributed by atoms with Crippen molar-refractivity contribution >= 4 is 5.69 Å². The minimum Gasteiger partial charge on any atom is -0.325 e. The van der Waals surface area contributed by atoms with E-state index in [-0.39, 0.29) is 5.69 Å². The minimum atomic E-state index is -0.420. The van der Waals surface area contributed by atoms with Crippen LogP contribution in [0.2, 0.25) is 0 Å². The molecule has 1 aromatic carbocycles. The number of non-ortho nitro benzene ring substituents is 1. The number of nitrogens with zero attached hydrogens (tertiary/aromatic N) is 3. The molecule has 0 atom stereocenters. The van der Waals surface area contributed by atoms with Crippen LogP contribution >= 0.6 is 0 Å². The summed E-state index contributed by atoms with van der Waals surface area (Å²) in [4.78, 5) is 10.3. The van der Waals surface area contributed by atoms with Crippen molar-refractivity contribution in [2.75, 3.05) is 0 Å². The van der Waals surface area contributed by atoms with Crippen LogP contribution in [0.25, 0.3) is 11.3 Å². The fourth-order valence-corrected chi connectivity index (χ4v) is 1.62. The number of nitro benzene ring substituents is 1. The molecule has 0 amide bonds. The number of nitro groups is 1. The molecule has 2 rings (SSSR count). The first kappa shape index (κ1) is 11.3. The first-order valence-electron chi connectivity index (χ1n) is 5.09. The third-order valence-corrected chi connectivity index (χ3v) is 2.54. The molecule has 1 aromatic heterocycles. The highest BCUT2D eigenvalue weighted by molar-refractivity contribution is 5.62. The van der Waals surface area contributed by atoms with Crippen molar-refractivity contribution in [3.63, 3.8) is 0 Å². The van der Waals surface area contributed by atoms with Crippen LogP contribution in [0.15, 0.2) is 30.3 Å². The summed E-state index contributed by atoms with van der Waals surface area (Å²) in [6.45, 7) is 0.387. The average Bonchev–Trinajstić information content (AvgIpc) is 2.71. The lowest BCUT2D eigenvalue weighted by Crippen LogP contribution is -2.03. The van der Waals surface area contributed by atoms with E-state index in [0.29, 0.717) is 12.2 Å². The second kappa shape index (κ2) is 4.34. The lowest BCUT2D eigenvalue weighted by Gasteiger charge is -1.96. The standard InChI is InChI=1S/C11H12N4O2/c1-14-10(7-12)6-11(13-14)8-3-2-4-9(5-8)15(16)17/h2-6H,7,12H2,1H3. The normalized spacial score (nSPS) is 10.5. The zero-order valence-corrected chi connectivity index (χ0v) is 9.33. The smallest absolute Gasteiger partial charge is 0.270 e. The molecule has 1 heterocycles. The van der Waals surface area contributed by atoms with Crippen LogP contribution in [-0.2, 0) is 13.6 Å². The second-order valence-corrected chi connectivity index (χ2v) is 3.66. The zero-order chi connectivity index (χ0) is 12.4. The molecule has 2 aromatic rings. The number of hydrogen-bond acceptors (Lipinski definition) is 4. The number of nitrogens with two attached hydrogens (primary N) is 1. The lowest BCUT2D eigenvalue weighted by molar-refractivity contribution is -0.384. The Morgan fingerprint density at radius 1 is 1.47 bits per heavy atom. The first-order valence-corrected chi connectivity index (χ1v) is 5.09. The Morgan fingerprint density at radius 2 is 2.24 bits per heavy atom. The van der Waals surface area contributed by atoms with Crippen LogP contribution in [0.3, 0.4) is 0 Å². The summed E-state index contributed by atoms with van der Waals surface area (Å²) in [5, 5.41) is 14.9. The highest BCUT2D eigenvalue weighted by Gasteiger charge is 2.10. The van der Waals surface area contributed by atoms with E-state index in [2.05, 4.69) is 5.10 Å². The summed E-state index contributed by atoms with van der Waals surface area (Å²) >= 11 is 0. The molecule has 0 aliphatic heterocycles. The van der Waals surface area contributed by atoms with Gasteiger partial charge in [0.2, 0.25) is 0 Å². The van der Waals surface area contributed by atoms with Crippen molar-refractivity contribution < 1.29 is 4.92 Å². The van der Waals surface area contributed by atoms with Gasteiger partial charge in [-0.1, -0.05) is 12.1 Å². The predicted octanol–water partition coefficient (Wildman–Crippen LogP) is 1.45. The average molecular weight is 232 g/mol. The van der Waals surface area contributed by atoms with Crippen LogP contribution in [0.1, 0.15) is 5.69 Å². The number of hydrogen-bond donors (Lipinski definition) is 1. The molecular formula is C11H12N4O2. The molecule has 0 saturated heterocycles. The highest BCUT2D eigenvalue weighted by Crippen LogP contribution is 2.23. The van der Waals surface area contributed by atoms with Crippen molar-refractivity contribution in [2.24, 2.45) is 12.8 Å². The van der Waals surface area contributed by atoms with E-state index < -0.39 is 4.92 Å². The van der Waals surface area contributed by atoms with Crippen LogP contribution in [0.5, 0.6) is 0 Å². The summed E-state index contributed by atoms with van der Waals surface area (Å²) in [7, 11) is 1.79. The molecular weight excluding hydrogens is 220 g/mol. The summed E-state index contributed by atoms with van der Waals surface area (Å²) in [5.41, 5.74) is 7.90. The maximum absolute atomic E-state index is 10.7. The van der Waals surface area contributed by atoms with Gasteiger partial charge in [0.25, 0.3) is 5.69 Å². The number of aryl methyl sites for hydroxylation is 1. The Bertz CT molecular complexity index is 562. The van der Waals surface area contributed by atoms with Crippen LogP contribution < -0.4 is 5.73 Å². The van der Waals surface area contributed by atoms with Gasteiger partial charge in [-0.25, -0.2) is 0 Å². The summed E-state index contributed by atoms with van der Waals surface area (Å²) in [5.74, 6) is 0. The van der Waals surface area contributed by atoms with Gasteiger partial charge in [0, 0.05) is 31.3 Å². The molecule has 0 spiro atoms. The number of benzene rings is 1. The van der Waals surface area contributed by atoms with E-state index in [9.17, 15) is 10.1 Å². The van der Waals surface area contributed by atoms with Gasteiger partial charge in [0.15, 0.2) is 0 Å². The van der Waals surface area contributed by atoms with Crippen LogP contribution in [-0.4, -0.2) is 14.7 Å². The topological polar surface area (TPSA) is 87.0 Å². The molecule has 2 N–H and O–H groups in total. The summed E-state index contributed by atoms with van der Waals surface area (Å²) in [6, 6.07) is 8.22. The largest absolute Gasteiger partial charge is 0.325 e. The maximum atomic E-state index is 10.7. The van der Waals surface area contributed by atoms with Gasteiger partial charge in [0.05, 0.1) is 16.3 Å². The summed E-state index contributed by atoms with van der Waals surface area (Å²) in [6.07, 6.45) is 0. The Balaban J connectivity index is 2.45. The Morgan fingerprint density at radius 3 is 2.82 bits per heavy atom. The van der Waals surface area contributed by atoms with Gasteiger partial charge in [-0.15, -0.1) is 0 Å². The van der Waals surface area contributed by atoms with E-state index in [1.807, 2.05) is 6.07 Å². The van der Waals surface area contributed by atoms with Crippen molar-refractivity contribution in [3.05, 3.63) is 46.1 Å². The SMILES string of the molecule is Cn1nc(-c2cccc([N+](=O)[O-])c2)cc1CN. The van der Waals surface area contributed by atoms with Crippen LogP contribution in [0.4, 0.5) is 5.69 Å². The Labute approximate surface area is 97.8 Å². The van der Waals surface area contributed by atoms with Crippen molar-refractivity contribution in [3.8, 4) is 11.3 Å². The molecule has 0 aliphatic carbocycles. The van der Waals surface area contributed by atoms with Crippen molar-refractivity contribution in [1.29, 1.82) is 0 Å². The molecule has 0 saturated carbocycles. The van der Waals surface area contributed by atoms with E-state index >= 15 is 0 Å². The zero-order valence-electron chi connectivity index (χ0n) is 9.33. The predicted molar refractivity (Wildman–Crippen MR) is 63.2 cm³/mol. The maximum Gasteiger partial charge on any atom is 0.270 e. The van der Waals surface area contributed by atoms with Gasteiger partial charge in [0.1, 0.15) is 0 Å². The third-order valence-electron chi connectivity index (χ3n) is 2.54. The third kappa shape index (κ3) is 2.16. The van der Waals surface area contributed by atoms with Crippen LogP contribution in [0, 0.1) is 10.1 Å². The summed E-state index contributed by atoms with van der Waals surface area (Å²) < 4.78 is 1.67. The van der Waals surface area contributed by atoms with Crippen molar-refractivity contribution in [1.82, 2.24) is 9.78 Å². The van der Waals surface area contributed by atoms with E-state index in [1.54, 1.807) is 23.9 Å². The monoisotopic (exact) mass is 232 g/mol. The molecule has 17 heavy (non-hydrogen) atoms. The number of rotatable bonds is 3. The highest BCUT2D eigenvalue weighted by atomic mass is 16.6. The molecule has 6 nitrogen and oxygen atoms in total. The molecule has 0 bridgehead atoms. The Kier molecular flexibility index (Phi) is 2.88. The molecule has 6 heteroatoms. The molecule has 0 radical (unpaired) electrons. The Hall–Kier alpha value is -2.21. The fourth-order valence-electron chi connectivity index (χ4n) is 1.62. The van der Waals surface area contributed by atoms with Gasteiger partial charge in [-0.05, 0) is 6.07 Å². The second-order valence-electron chi connectivity index (χ2n) is 3.66. The first-order chi connectivity index (χ1) is 8.11. The molecule has 0 fully saturated rings. The fraction of sp³-hybridized carbons (Fsp3) is 0.182. The van der Waals surface area contributed by atoms with Gasteiger partial charge in [-0.2, -0.15) is 5.10 Å². The van der Waals surface area contributed by atoms with Crippen molar-refractivity contribution in [2.45, 2.75) is 6.54 Å². The minimum absolute atomic E-state index is 0.0578. The van der Waals surface area contributed by atoms with Gasteiger partial charge >= 0.3 is 0 Å². The van der Waals surface area contributed by atoms with E-state index in [4.69, 9.17) is 5.73 Å². The number of aromatic nitrogens is 2. The lowest BCUT2D eigenvalue weighted by atomic mass is 10.1. The van der Waals surface area contributed by atoms with Gasteiger partial charge in [-0.3, -0.25) is 14.8 Å². The molecule has 0 unspecified atom stereocenters. The molecule has 88 valence electrons. The van der Waals surface area contributed by atoms with Gasteiger partial charge < -0.3 is 5.73 Å². The quantitative estimate of drug-likeness (QED) is 0.641.